The largest absolute Gasteiger partial charge is 0.339 e. The van der Waals surface area contributed by atoms with Crippen molar-refractivity contribution >= 4 is 5.91 Å². The summed E-state index contributed by atoms with van der Waals surface area (Å²) in [5.41, 5.74) is -2.20. The van der Waals surface area contributed by atoms with Crippen LogP contribution in [0.25, 0.3) is 0 Å². The standard InChI is InChI=1S/C23H43N3O3/c1-11-12-28-26-20(6,7)15-23(16-21(26,8)9)24-17(27)22(29-23)13-18(2,3)25(10)19(4,5)14-22/h11-16H2,1-10H3,(H,24,27). The van der Waals surface area contributed by atoms with Gasteiger partial charge in [-0.05, 0) is 68.9 Å². The molecule has 0 unspecified atom stereocenters. The summed E-state index contributed by atoms with van der Waals surface area (Å²) >= 11 is 0. The summed E-state index contributed by atoms with van der Waals surface area (Å²) in [5.74, 6) is 0.0567. The molecule has 3 aliphatic heterocycles. The summed E-state index contributed by atoms with van der Waals surface area (Å²) < 4.78 is 6.90. The molecule has 0 radical (unpaired) electrons. The molecule has 6 nitrogen and oxygen atoms in total. The van der Waals surface area contributed by atoms with E-state index in [1.165, 1.54) is 0 Å². The summed E-state index contributed by atoms with van der Waals surface area (Å²) in [6, 6.07) is 0. The summed E-state index contributed by atoms with van der Waals surface area (Å²) in [6.45, 7) is 20.4. The molecule has 3 heterocycles. The van der Waals surface area contributed by atoms with Gasteiger partial charge >= 0.3 is 0 Å². The van der Waals surface area contributed by atoms with E-state index in [0.717, 1.165) is 6.42 Å². The Morgan fingerprint density at radius 3 is 1.83 bits per heavy atom. The number of hydroxylamine groups is 2. The predicted octanol–water partition coefficient (Wildman–Crippen LogP) is 3.85. The maximum atomic E-state index is 13.5. The van der Waals surface area contributed by atoms with Crippen LogP contribution in [-0.2, 0) is 14.4 Å². The van der Waals surface area contributed by atoms with Crippen LogP contribution in [0.2, 0.25) is 0 Å². The van der Waals surface area contributed by atoms with Crippen LogP contribution in [0.15, 0.2) is 0 Å². The van der Waals surface area contributed by atoms with Crippen molar-refractivity contribution in [3.05, 3.63) is 0 Å². The molecule has 0 aromatic rings. The van der Waals surface area contributed by atoms with E-state index in [1.54, 1.807) is 0 Å². The zero-order chi connectivity index (χ0) is 22.1. The van der Waals surface area contributed by atoms with E-state index in [-0.39, 0.29) is 28.1 Å². The van der Waals surface area contributed by atoms with E-state index >= 15 is 0 Å². The van der Waals surface area contributed by atoms with Crippen LogP contribution < -0.4 is 5.32 Å². The molecule has 0 aromatic carbocycles. The molecule has 1 N–H and O–H groups in total. The van der Waals surface area contributed by atoms with Gasteiger partial charge in [0.05, 0.1) is 6.61 Å². The van der Waals surface area contributed by atoms with Gasteiger partial charge in [0.1, 0.15) is 5.72 Å². The molecular formula is C23H43N3O3. The number of hydrogen-bond acceptors (Lipinski definition) is 5. The number of ether oxygens (including phenoxy) is 1. The highest BCUT2D eigenvalue weighted by molar-refractivity contribution is 5.88. The Labute approximate surface area is 177 Å². The van der Waals surface area contributed by atoms with Crippen molar-refractivity contribution in [2.24, 2.45) is 0 Å². The van der Waals surface area contributed by atoms with Crippen LogP contribution >= 0.6 is 0 Å². The van der Waals surface area contributed by atoms with E-state index in [2.05, 4.69) is 84.6 Å². The quantitative estimate of drug-likeness (QED) is 0.767. The van der Waals surface area contributed by atoms with Crippen molar-refractivity contribution in [2.75, 3.05) is 13.7 Å². The Morgan fingerprint density at radius 2 is 1.38 bits per heavy atom. The first-order valence-corrected chi connectivity index (χ1v) is 11.2. The van der Waals surface area contributed by atoms with Crippen LogP contribution in [0, 0.1) is 0 Å². The minimum atomic E-state index is -0.780. The van der Waals surface area contributed by atoms with Gasteiger partial charge in [0.2, 0.25) is 0 Å². The molecule has 168 valence electrons. The summed E-state index contributed by atoms with van der Waals surface area (Å²) in [5, 5.41) is 5.48. The van der Waals surface area contributed by atoms with Gasteiger partial charge in [-0.2, -0.15) is 5.06 Å². The smallest absolute Gasteiger partial charge is 0.254 e. The summed E-state index contributed by atoms with van der Waals surface area (Å²) in [7, 11) is 2.16. The van der Waals surface area contributed by atoms with Gasteiger partial charge in [-0.15, -0.1) is 0 Å². The van der Waals surface area contributed by atoms with E-state index in [4.69, 9.17) is 9.57 Å². The summed E-state index contributed by atoms with van der Waals surface area (Å²) in [4.78, 5) is 22.0. The molecule has 2 spiro atoms. The number of likely N-dealkylation sites (tertiary alicyclic amines) is 1. The molecule has 3 fully saturated rings. The number of hydrogen-bond donors (Lipinski definition) is 1. The number of carbonyl (C=O) groups excluding carboxylic acids is 1. The number of amides is 1. The van der Waals surface area contributed by atoms with Crippen LogP contribution in [0.4, 0.5) is 0 Å². The fourth-order valence-electron chi connectivity index (χ4n) is 6.63. The third-order valence-electron chi connectivity index (χ3n) is 7.36. The molecule has 3 rings (SSSR count). The molecule has 6 heteroatoms. The Bertz CT molecular complexity index is 632. The molecule has 0 atom stereocenters. The van der Waals surface area contributed by atoms with E-state index < -0.39 is 11.3 Å². The molecule has 1 amide bonds. The molecule has 0 aliphatic carbocycles. The Kier molecular flexibility index (Phi) is 5.27. The number of nitrogens with zero attached hydrogens (tertiary/aromatic N) is 2. The summed E-state index contributed by atoms with van der Waals surface area (Å²) in [6.07, 6.45) is 3.78. The monoisotopic (exact) mass is 409 g/mol. The normalized spacial score (nSPS) is 31.9. The molecule has 29 heavy (non-hydrogen) atoms. The predicted molar refractivity (Wildman–Crippen MR) is 115 cm³/mol. The van der Waals surface area contributed by atoms with E-state index in [1.807, 2.05) is 0 Å². The molecule has 3 aliphatic rings. The van der Waals surface area contributed by atoms with Crippen molar-refractivity contribution in [1.29, 1.82) is 0 Å². The Hall–Kier alpha value is -0.690. The fraction of sp³-hybridized carbons (Fsp3) is 0.957. The average Bonchev–Trinajstić information content (AvgIpc) is 2.72. The third kappa shape index (κ3) is 3.75. The highest BCUT2D eigenvalue weighted by atomic mass is 16.7. The first-order chi connectivity index (χ1) is 13.0. The number of nitrogens with one attached hydrogen (secondary N) is 1. The minimum absolute atomic E-state index is 0.0567. The highest BCUT2D eigenvalue weighted by Gasteiger charge is 2.66. The first-order valence-electron chi connectivity index (χ1n) is 11.2. The number of piperidine rings is 2. The average molecular weight is 410 g/mol. The van der Waals surface area contributed by atoms with Crippen molar-refractivity contribution in [1.82, 2.24) is 15.3 Å². The van der Waals surface area contributed by atoms with E-state index in [9.17, 15) is 4.79 Å². The van der Waals surface area contributed by atoms with Gasteiger partial charge in [0, 0.05) is 47.8 Å². The van der Waals surface area contributed by atoms with Crippen molar-refractivity contribution in [2.45, 2.75) is 128 Å². The first kappa shape index (κ1) is 23.0. The second-order valence-electron chi connectivity index (χ2n) is 12.2. The lowest BCUT2D eigenvalue weighted by atomic mass is 9.71. The van der Waals surface area contributed by atoms with Gasteiger partial charge in [0.25, 0.3) is 5.91 Å². The van der Waals surface area contributed by atoms with Gasteiger partial charge in [-0.25, -0.2) is 0 Å². The second-order valence-corrected chi connectivity index (χ2v) is 12.2. The van der Waals surface area contributed by atoms with Gasteiger partial charge < -0.3 is 10.1 Å². The zero-order valence-electron chi connectivity index (χ0n) is 20.4. The van der Waals surface area contributed by atoms with Gasteiger partial charge in [-0.3, -0.25) is 14.5 Å². The van der Waals surface area contributed by atoms with Crippen LogP contribution in [0.3, 0.4) is 0 Å². The van der Waals surface area contributed by atoms with Crippen LogP contribution in [0.5, 0.6) is 0 Å². The van der Waals surface area contributed by atoms with E-state index in [0.29, 0.717) is 32.3 Å². The zero-order valence-corrected chi connectivity index (χ0v) is 20.4. The molecule has 0 bridgehead atoms. The van der Waals surface area contributed by atoms with Crippen molar-refractivity contribution < 1.29 is 14.4 Å². The molecule has 0 aromatic heterocycles. The van der Waals surface area contributed by atoms with Crippen LogP contribution in [0.1, 0.15) is 94.4 Å². The third-order valence-corrected chi connectivity index (χ3v) is 7.36. The topological polar surface area (TPSA) is 54.0 Å². The minimum Gasteiger partial charge on any atom is -0.339 e. The Balaban J connectivity index is 1.93. The second kappa shape index (κ2) is 6.65. The number of rotatable bonds is 3. The lowest BCUT2D eigenvalue weighted by molar-refractivity contribution is -0.317. The van der Waals surface area contributed by atoms with Gasteiger partial charge in [-0.1, -0.05) is 6.92 Å². The lowest BCUT2D eigenvalue weighted by Gasteiger charge is -2.58. The highest BCUT2D eigenvalue weighted by Crippen LogP contribution is 2.53. The fourth-order valence-corrected chi connectivity index (χ4v) is 6.63. The SMILES string of the molecule is CCCON1C(C)(C)CC2(CC1(C)C)NC(=O)C1(CC(C)(C)N(C)C(C)(C)C1)O2. The maximum absolute atomic E-state index is 13.5. The lowest BCUT2D eigenvalue weighted by Crippen LogP contribution is -2.68. The molecule has 0 saturated carbocycles. The van der Waals surface area contributed by atoms with Crippen molar-refractivity contribution in [3.8, 4) is 0 Å². The molecule has 3 saturated heterocycles. The van der Waals surface area contributed by atoms with Gasteiger partial charge in [0.15, 0.2) is 5.60 Å². The van der Waals surface area contributed by atoms with Crippen LogP contribution in [-0.4, -0.2) is 63.0 Å². The molecular weight excluding hydrogens is 366 g/mol. The Morgan fingerprint density at radius 1 is 0.897 bits per heavy atom. The van der Waals surface area contributed by atoms with Crippen molar-refractivity contribution in [3.63, 3.8) is 0 Å². The number of carbonyl (C=O) groups is 1. The maximum Gasteiger partial charge on any atom is 0.254 e.